The highest BCUT2D eigenvalue weighted by molar-refractivity contribution is 9.10. The molecular formula is C16H14BrClO. The number of halogens is 2. The average Bonchev–Trinajstić information content (AvgIpc) is 2.37. The van der Waals surface area contributed by atoms with E-state index in [1.165, 1.54) is 5.56 Å². The fraction of sp³-hybridized carbons (Fsp3) is 0.188. The molecule has 0 N–H and O–H groups in total. The lowest BCUT2D eigenvalue weighted by atomic mass is 9.98. The Labute approximate surface area is 126 Å². The molecule has 0 aromatic heterocycles. The minimum absolute atomic E-state index is 0.0153. The highest BCUT2D eigenvalue weighted by Crippen LogP contribution is 2.22. The van der Waals surface area contributed by atoms with Gasteiger partial charge in [0.05, 0.1) is 0 Å². The van der Waals surface area contributed by atoms with Crippen molar-refractivity contribution in [3.8, 4) is 0 Å². The zero-order chi connectivity index (χ0) is 14.0. The Kier molecular flexibility index (Phi) is 4.43. The van der Waals surface area contributed by atoms with Crippen molar-refractivity contribution in [3.63, 3.8) is 0 Å². The van der Waals surface area contributed by atoms with Crippen molar-refractivity contribution in [2.75, 3.05) is 0 Å². The first kappa shape index (κ1) is 14.3. The number of hydrogen-bond acceptors (Lipinski definition) is 1. The summed E-state index contributed by atoms with van der Waals surface area (Å²) in [4.78, 5) is 12.4. The van der Waals surface area contributed by atoms with Crippen molar-refractivity contribution in [2.24, 2.45) is 0 Å². The average molecular weight is 338 g/mol. The molecule has 0 amide bonds. The van der Waals surface area contributed by atoms with Crippen molar-refractivity contribution >= 4 is 33.3 Å². The van der Waals surface area contributed by atoms with Crippen molar-refractivity contribution in [3.05, 3.63) is 68.7 Å². The van der Waals surface area contributed by atoms with Gasteiger partial charge in [0.25, 0.3) is 0 Å². The van der Waals surface area contributed by atoms with Crippen LogP contribution in [0.5, 0.6) is 0 Å². The summed E-state index contributed by atoms with van der Waals surface area (Å²) in [6, 6.07) is 13.0. The summed E-state index contributed by atoms with van der Waals surface area (Å²) in [7, 11) is 0. The van der Waals surface area contributed by atoms with Crippen LogP contribution in [0.15, 0.2) is 46.9 Å². The number of benzene rings is 2. The summed E-state index contributed by atoms with van der Waals surface area (Å²) in [5, 5.41) is 0.552. The van der Waals surface area contributed by atoms with Crippen molar-refractivity contribution in [1.82, 2.24) is 0 Å². The molecule has 0 fully saturated rings. The van der Waals surface area contributed by atoms with Crippen LogP contribution in [-0.2, 0) is 0 Å². The summed E-state index contributed by atoms with van der Waals surface area (Å²) < 4.78 is 0.808. The van der Waals surface area contributed by atoms with Gasteiger partial charge in [-0.25, -0.2) is 0 Å². The van der Waals surface area contributed by atoms with Crippen LogP contribution < -0.4 is 0 Å². The van der Waals surface area contributed by atoms with E-state index < -0.39 is 0 Å². The van der Waals surface area contributed by atoms with Crippen LogP contribution in [0.2, 0.25) is 5.02 Å². The molecule has 0 saturated heterocycles. The Morgan fingerprint density at radius 2 is 1.68 bits per heavy atom. The molecule has 0 aliphatic heterocycles. The van der Waals surface area contributed by atoms with Gasteiger partial charge in [-0.15, -0.1) is 0 Å². The van der Waals surface area contributed by atoms with Gasteiger partial charge in [0.15, 0.2) is 5.78 Å². The number of rotatable bonds is 3. The third kappa shape index (κ3) is 3.46. The van der Waals surface area contributed by atoms with Crippen LogP contribution in [0.4, 0.5) is 0 Å². The second kappa shape index (κ2) is 5.89. The molecule has 0 aliphatic rings. The van der Waals surface area contributed by atoms with Crippen molar-refractivity contribution in [1.29, 1.82) is 0 Å². The number of hydrogen-bond donors (Lipinski definition) is 0. The van der Waals surface area contributed by atoms with Crippen molar-refractivity contribution in [2.45, 2.75) is 19.8 Å². The fourth-order valence-corrected chi connectivity index (χ4v) is 2.73. The van der Waals surface area contributed by atoms with Gasteiger partial charge in [0.1, 0.15) is 0 Å². The molecule has 19 heavy (non-hydrogen) atoms. The molecular weight excluding hydrogens is 324 g/mol. The lowest BCUT2D eigenvalue weighted by molar-refractivity contribution is 0.103. The Morgan fingerprint density at radius 1 is 1.05 bits per heavy atom. The third-order valence-corrected chi connectivity index (χ3v) is 3.64. The SMILES string of the molecule is CC(C)c1ccc(C(=O)c2cc(Cl)cc(Br)c2)cc1. The second-order valence-electron chi connectivity index (χ2n) is 4.76. The predicted octanol–water partition coefficient (Wildman–Crippen LogP) is 5.46. The van der Waals surface area contributed by atoms with Crippen molar-refractivity contribution < 1.29 is 4.79 Å². The molecule has 0 bridgehead atoms. The minimum atomic E-state index is -0.0153. The molecule has 98 valence electrons. The quantitative estimate of drug-likeness (QED) is 0.680. The van der Waals surface area contributed by atoms with Crippen LogP contribution in [0.25, 0.3) is 0 Å². The van der Waals surface area contributed by atoms with Gasteiger partial charge in [0.2, 0.25) is 0 Å². The Balaban J connectivity index is 2.33. The topological polar surface area (TPSA) is 17.1 Å². The van der Waals surface area contributed by atoms with E-state index in [0.717, 1.165) is 4.47 Å². The van der Waals surface area contributed by atoms with Gasteiger partial charge in [0, 0.05) is 20.6 Å². The standard InChI is InChI=1S/C16H14BrClO/c1-10(2)11-3-5-12(6-4-11)16(19)13-7-14(17)9-15(18)8-13/h3-10H,1-2H3. The summed E-state index contributed by atoms with van der Waals surface area (Å²) in [6.07, 6.45) is 0. The molecule has 0 aliphatic carbocycles. The maximum atomic E-state index is 12.4. The van der Waals surface area contributed by atoms with E-state index in [4.69, 9.17) is 11.6 Å². The Hall–Kier alpha value is -1.12. The normalized spacial score (nSPS) is 10.8. The number of carbonyl (C=O) groups is 1. The Bertz CT molecular complexity index is 582. The highest BCUT2D eigenvalue weighted by atomic mass is 79.9. The predicted molar refractivity (Wildman–Crippen MR) is 83.1 cm³/mol. The minimum Gasteiger partial charge on any atom is -0.289 e. The largest absolute Gasteiger partial charge is 0.289 e. The molecule has 0 atom stereocenters. The smallest absolute Gasteiger partial charge is 0.193 e. The first-order valence-corrected chi connectivity index (χ1v) is 7.25. The zero-order valence-corrected chi connectivity index (χ0v) is 13.1. The molecule has 0 spiro atoms. The molecule has 2 aromatic carbocycles. The van der Waals surface area contributed by atoms with Crippen LogP contribution >= 0.6 is 27.5 Å². The van der Waals surface area contributed by atoms with Crippen LogP contribution in [0.1, 0.15) is 41.3 Å². The van der Waals surface area contributed by atoms with E-state index in [2.05, 4.69) is 29.8 Å². The lowest BCUT2D eigenvalue weighted by Gasteiger charge is -2.07. The van der Waals surface area contributed by atoms with Crippen LogP contribution in [0, 0.1) is 0 Å². The molecule has 0 heterocycles. The fourth-order valence-electron chi connectivity index (χ4n) is 1.87. The number of ketones is 1. The van der Waals surface area contributed by atoms with Gasteiger partial charge in [-0.2, -0.15) is 0 Å². The summed E-state index contributed by atoms with van der Waals surface area (Å²) in [5.41, 5.74) is 2.50. The summed E-state index contributed by atoms with van der Waals surface area (Å²) in [5.74, 6) is 0.447. The maximum absolute atomic E-state index is 12.4. The molecule has 0 unspecified atom stereocenters. The first-order chi connectivity index (χ1) is 8.97. The van der Waals surface area contributed by atoms with E-state index in [1.54, 1.807) is 18.2 Å². The summed E-state index contributed by atoms with van der Waals surface area (Å²) in [6.45, 7) is 4.26. The van der Waals surface area contributed by atoms with Crippen LogP contribution in [0.3, 0.4) is 0 Å². The molecule has 3 heteroatoms. The molecule has 0 saturated carbocycles. The van der Waals surface area contributed by atoms with Gasteiger partial charge in [-0.3, -0.25) is 4.79 Å². The third-order valence-electron chi connectivity index (χ3n) is 2.96. The van der Waals surface area contributed by atoms with Gasteiger partial charge in [-0.1, -0.05) is 65.6 Å². The van der Waals surface area contributed by atoms with E-state index in [0.29, 0.717) is 22.1 Å². The highest BCUT2D eigenvalue weighted by Gasteiger charge is 2.11. The van der Waals surface area contributed by atoms with E-state index in [1.807, 2.05) is 24.3 Å². The van der Waals surface area contributed by atoms with E-state index in [9.17, 15) is 4.79 Å². The van der Waals surface area contributed by atoms with Gasteiger partial charge < -0.3 is 0 Å². The molecule has 2 rings (SSSR count). The van der Waals surface area contributed by atoms with E-state index >= 15 is 0 Å². The molecule has 2 aromatic rings. The maximum Gasteiger partial charge on any atom is 0.193 e. The number of carbonyl (C=O) groups excluding carboxylic acids is 1. The van der Waals surface area contributed by atoms with Gasteiger partial charge in [-0.05, 0) is 29.7 Å². The van der Waals surface area contributed by atoms with Crippen LogP contribution in [-0.4, -0.2) is 5.78 Å². The lowest BCUT2D eigenvalue weighted by Crippen LogP contribution is -2.01. The second-order valence-corrected chi connectivity index (χ2v) is 6.12. The molecule has 0 radical (unpaired) electrons. The zero-order valence-electron chi connectivity index (χ0n) is 10.8. The monoisotopic (exact) mass is 336 g/mol. The van der Waals surface area contributed by atoms with Gasteiger partial charge >= 0.3 is 0 Å². The molecule has 1 nitrogen and oxygen atoms in total. The van der Waals surface area contributed by atoms with E-state index in [-0.39, 0.29) is 5.78 Å². The summed E-state index contributed by atoms with van der Waals surface area (Å²) >= 11 is 9.31. The first-order valence-electron chi connectivity index (χ1n) is 6.08. The Morgan fingerprint density at radius 3 is 2.21 bits per heavy atom.